The van der Waals surface area contributed by atoms with E-state index in [1.165, 1.54) is 0 Å². The standard InChI is InChI=1S/C7H9BO2/c9-8-10-6-7-4-2-1-3-5-7/h1-5,8-9H,6H2. The van der Waals surface area contributed by atoms with Crippen LogP contribution in [0.4, 0.5) is 0 Å². The van der Waals surface area contributed by atoms with Gasteiger partial charge in [-0.2, -0.15) is 0 Å². The molecule has 1 N–H and O–H groups in total. The second kappa shape index (κ2) is 4.09. The van der Waals surface area contributed by atoms with Crippen LogP contribution < -0.4 is 0 Å². The molecular weight excluding hydrogens is 127 g/mol. The molecule has 1 aromatic rings. The zero-order chi connectivity index (χ0) is 7.23. The fraction of sp³-hybridized carbons (Fsp3) is 0.143. The molecule has 0 unspecified atom stereocenters. The smallest absolute Gasteiger partial charge is 0.430 e. The predicted octanol–water partition coefficient (Wildman–Crippen LogP) is 0.462. The van der Waals surface area contributed by atoms with E-state index < -0.39 is 0 Å². The minimum absolute atomic E-state index is 0.213. The Morgan fingerprint density at radius 2 is 2.00 bits per heavy atom. The average molecular weight is 136 g/mol. The van der Waals surface area contributed by atoms with Gasteiger partial charge in [0, 0.05) is 0 Å². The first-order valence-corrected chi connectivity index (χ1v) is 3.16. The Hall–Kier alpha value is -0.795. The van der Waals surface area contributed by atoms with E-state index in [0.29, 0.717) is 6.61 Å². The predicted molar refractivity (Wildman–Crippen MR) is 40.6 cm³/mol. The summed E-state index contributed by atoms with van der Waals surface area (Å²) in [6.45, 7) is 0.483. The molecule has 0 heterocycles. The number of hydrogen-bond donors (Lipinski definition) is 1. The maximum Gasteiger partial charge on any atom is 0.435 e. The summed E-state index contributed by atoms with van der Waals surface area (Å²) in [6.07, 6.45) is 0. The minimum Gasteiger partial charge on any atom is -0.430 e. The molecule has 0 saturated heterocycles. The molecule has 10 heavy (non-hydrogen) atoms. The average Bonchev–Trinajstić information content (AvgIpc) is 2.03. The Morgan fingerprint density at radius 1 is 1.30 bits per heavy atom. The highest BCUT2D eigenvalue weighted by Gasteiger charge is 1.88. The normalized spacial score (nSPS) is 9.30. The van der Waals surface area contributed by atoms with Gasteiger partial charge in [-0.1, -0.05) is 30.3 Å². The highest BCUT2D eigenvalue weighted by molar-refractivity contribution is 6.15. The fourth-order valence-corrected chi connectivity index (χ4v) is 0.738. The van der Waals surface area contributed by atoms with Crippen molar-refractivity contribution in [2.45, 2.75) is 6.61 Å². The molecule has 52 valence electrons. The summed E-state index contributed by atoms with van der Waals surface area (Å²) in [6, 6.07) is 9.74. The zero-order valence-corrected chi connectivity index (χ0v) is 5.66. The summed E-state index contributed by atoms with van der Waals surface area (Å²) >= 11 is 0. The van der Waals surface area contributed by atoms with Crippen molar-refractivity contribution in [1.82, 2.24) is 0 Å². The quantitative estimate of drug-likeness (QED) is 0.611. The molecule has 0 aromatic heterocycles. The molecule has 3 heteroatoms. The maximum absolute atomic E-state index is 8.31. The van der Waals surface area contributed by atoms with E-state index >= 15 is 0 Å². The third kappa shape index (κ3) is 2.21. The van der Waals surface area contributed by atoms with Crippen molar-refractivity contribution in [3.63, 3.8) is 0 Å². The van der Waals surface area contributed by atoms with Crippen LogP contribution in [-0.2, 0) is 11.3 Å². The van der Waals surface area contributed by atoms with Crippen molar-refractivity contribution >= 4 is 7.69 Å². The first-order valence-electron chi connectivity index (χ1n) is 3.16. The van der Waals surface area contributed by atoms with E-state index in [-0.39, 0.29) is 7.69 Å². The largest absolute Gasteiger partial charge is 0.435 e. The number of hydrogen-bond acceptors (Lipinski definition) is 2. The van der Waals surface area contributed by atoms with Crippen LogP contribution in [0.25, 0.3) is 0 Å². The molecule has 0 aliphatic carbocycles. The number of rotatable bonds is 3. The lowest BCUT2D eigenvalue weighted by Crippen LogP contribution is -1.96. The lowest BCUT2D eigenvalue weighted by molar-refractivity contribution is 0.273. The van der Waals surface area contributed by atoms with Gasteiger partial charge < -0.3 is 9.68 Å². The molecular formula is C7H9BO2. The summed E-state index contributed by atoms with van der Waals surface area (Å²) in [5, 5.41) is 8.31. The van der Waals surface area contributed by atoms with Gasteiger partial charge in [-0.05, 0) is 5.56 Å². The first-order chi connectivity index (χ1) is 4.93. The Bertz CT molecular complexity index is 176. The maximum atomic E-state index is 8.31. The molecule has 0 spiro atoms. The molecule has 0 aliphatic heterocycles. The van der Waals surface area contributed by atoms with Crippen LogP contribution in [0.5, 0.6) is 0 Å². The Kier molecular flexibility index (Phi) is 2.99. The van der Waals surface area contributed by atoms with E-state index in [0.717, 1.165) is 5.56 Å². The summed E-state index contributed by atoms with van der Waals surface area (Å²) < 4.78 is 4.78. The van der Waals surface area contributed by atoms with Crippen LogP contribution in [0.3, 0.4) is 0 Å². The van der Waals surface area contributed by atoms with Crippen LogP contribution >= 0.6 is 0 Å². The molecule has 0 saturated carbocycles. The van der Waals surface area contributed by atoms with Crippen LogP contribution in [-0.4, -0.2) is 12.7 Å². The van der Waals surface area contributed by atoms with Gasteiger partial charge in [0.2, 0.25) is 0 Å². The van der Waals surface area contributed by atoms with Crippen molar-refractivity contribution in [2.75, 3.05) is 0 Å². The van der Waals surface area contributed by atoms with E-state index in [1.807, 2.05) is 30.3 Å². The molecule has 0 atom stereocenters. The van der Waals surface area contributed by atoms with Gasteiger partial charge in [0.25, 0.3) is 0 Å². The molecule has 1 rings (SSSR count). The summed E-state index contributed by atoms with van der Waals surface area (Å²) in [5.74, 6) is 0. The van der Waals surface area contributed by atoms with E-state index in [9.17, 15) is 0 Å². The van der Waals surface area contributed by atoms with E-state index in [1.54, 1.807) is 0 Å². The lowest BCUT2D eigenvalue weighted by atomic mass is 10.2. The lowest BCUT2D eigenvalue weighted by Gasteiger charge is -1.97. The van der Waals surface area contributed by atoms with Crippen molar-refractivity contribution in [1.29, 1.82) is 0 Å². The van der Waals surface area contributed by atoms with Crippen LogP contribution in [0.1, 0.15) is 5.56 Å². The molecule has 0 amide bonds. The third-order valence-corrected chi connectivity index (χ3v) is 1.20. The van der Waals surface area contributed by atoms with Crippen molar-refractivity contribution in [3.8, 4) is 0 Å². The van der Waals surface area contributed by atoms with Gasteiger partial charge in [-0.3, -0.25) is 0 Å². The van der Waals surface area contributed by atoms with E-state index in [2.05, 4.69) is 0 Å². The molecule has 0 aliphatic rings. The summed E-state index contributed by atoms with van der Waals surface area (Å²) in [4.78, 5) is 0. The van der Waals surface area contributed by atoms with Crippen molar-refractivity contribution < 1.29 is 9.68 Å². The van der Waals surface area contributed by atoms with Gasteiger partial charge in [0.1, 0.15) is 0 Å². The third-order valence-electron chi connectivity index (χ3n) is 1.20. The van der Waals surface area contributed by atoms with Gasteiger partial charge in [-0.15, -0.1) is 0 Å². The van der Waals surface area contributed by atoms with Crippen LogP contribution in [0.2, 0.25) is 0 Å². The highest BCUT2D eigenvalue weighted by Crippen LogP contribution is 1.98. The zero-order valence-electron chi connectivity index (χ0n) is 5.66. The Balaban J connectivity index is 2.43. The van der Waals surface area contributed by atoms with E-state index in [4.69, 9.17) is 9.68 Å². The molecule has 2 nitrogen and oxygen atoms in total. The fourth-order valence-electron chi connectivity index (χ4n) is 0.738. The van der Waals surface area contributed by atoms with Crippen molar-refractivity contribution in [2.24, 2.45) is 0 Å². The van der Waals surface area contributed by atoms with Gasteiger partial charge in [0.05, 0.1) is 6.61 Å². The second-order valence-electron chi connectivity index (χ2n) is 1.96. The van der Waals surface area contributed by atoms with Gasteiger partial charge in [-0.25, -0.2) is 0 Å². The molecule has 1 aromatic carbocycles. The molecule has 0 radical (unpaired) electrons. The summed E-state index contributed by atoms with van der Waals surface area (Å²) in [5.41, 5.74) is 1.08. The first kappa shape index (κ1) is 7.31. The SMILES string of the molecule is OBOCc1ccccc1. The summed E-state index contributed by atoms with van der Waals surface area (Å²) in [7, 11) is -0.213. The molecule has 0 bridgehead atoms. The molecule has 0 fully saturated rings. The second-order valence-corrected chi connectivity index (χ2v) is 1.96. The topological polar surface area (TPSA) is 29.5 Å². The monoisotopic (exact) mass is 136 g/mol. The highest BCUT2D eigenvalue weighted by atomic mass is 16.5. The van der Waals surface area contributed by atoms with Crippen LogP contribution in [0, 0.1) is 0 Å². The minimum atomic E-state index is -0.213. The number of benzene rings is 1. The van der Waals surface area contributed by atoms with Crippen LogP contribution in [0.15, 0.2) is 30.3 Å². The van der Waals surface area contributed by atoms with Crippen molar-refractivity contribution in [3.05, 3.63) is 35.9 Å². The van der Waals surface area contributed by atoms with Gasteiger partial charge >= 0.3 is 7.69 Å². The Morgan fingerprint density at radius 3 is 2.60 bits per heavy atom. The van der Waals surface area contributed by atoms with Gasteiger partial charge in [0.15, 0.2) is 0 Å². The Labute approximate surface area is 60.8 Å².